The molecule has 10 heteroatoms. The zero-order chi connectivity index (χ0) is 26.8. The number of ether oxygens (including phenoxy) is 3. The van der Waals surface area contributed by atoms with Gasteiger partial charge in [0.05, 0.1) is 16.4 Å². The molecule has 3 heterocycles. The molecule has 1 atom stereocenters. The fraction of sp³-hybridized carbons (Fsp3) is 0.448. The molecule has 1 saturated carbocycles. The summed E-state index contributed by atoms with van der Waals surface area (Å²) in [5, 5.41) is 14.0. The zero-order valence-corrected chi connectivity index (χ0v) is 23.2. The summed E-state index contributed by atoms with van der Waals surface area (Å²) in [5.74, 6) is 1.32. The number of amides is 1. The lowest BCUT2D eigenvalue weighted by atomic mass is 9.94. The number of likely N-dealkylation sites (tertiary alicyclic amines) is 1. The van der Waals surface area contributed by atoms with Crippen molar-refractivity contribution in [3.05, 3.63) is 69.7 Å². The van der Waals surface area contributed by atoms with Gasteiger partial charge in [-0.1, -0.05) is 47.2 Å². The van der Waals surface area contributed by atoms with E-state index in [4.69, 9.17) is 25.8 Å². The van der Waals surface area contributed by atoms with Crippen molar-refractivity contribution in [2.24, 2.45) is 0 Å². The average molecular weight is 570 g/mol. The van der Waals surface area contributed by atoms with E-state index >= 15 is 0 Å². The second-order valence-corrected chi connectivity index (χ2v) is 11.8. The fourth-order valence-electron chi connectivity index (χ4n) is 5.29. The topological polar surface area (TPSA) is 93.2 Å². The van der Waals surface area contributed by atoms with Crippen LogP contribution in [-0.2, 0) is 14.9 Å². The third kappa shape index (κ3) is 5.78. The summed E-state index contributed by atoms with van der Waals surface area (Å²) in [6, 6.07) is 13.4. The van der Waals surface area contributed by atoms with Crippen molar-refractivity contribution < 1.29 is 24.1 Å². The Kier molecular flexibility index (Phi) is 7.77. The van der Waals surface area contributed by atoms with E-state index in [2.05, 4.69) is 15.2 Å². The number of aliphatic hydroxyl groups is 1. The van der Waals surface area contributed by atoms with Crippen LogP contribution in [0, 0.1) is 0 Å². The van der Waals surface area contributed by atoms with Gasteiger partial charge in [0.1, 0.15) is 6.10 Å². The number of anilines is 1. The lowest BCUT2D eigenvalue weighted by molar-refractivity contribution is -0.118. The molecule has 1 aromatic heterocycles. The maximum absolute atomic E-state index is 13.4. The number of carbonyl (C=O) groups is 1. The molecule has 206 valence electrons. The number of nitrogens with zero attached hydrogens (tertiary/aromatic N) is 2. The van der Waals surface area contributed by atoms with E-state index < -0.39 is 5.41 Å². The first-order chi connectivity index (χ1) is 19.0. The molecule has 1 saturated heterocycles. The van der Waals surface area contributed by atoms with E-state index in [9.17, 15) is 9.90 Å². The number of fused-ring (bicyclic) bond motifs is 1. The van der Waals surface area contributed by atoms with Gasteiger partial charge in [-0.3, -0.25) is 4.79 Å². The van der Waals surface area contributed by atoms with Crippen LogP contribution >= 0.6 is 22.9 Å². The number of rotatable bonds is 10. The summed E-state index contributed by atoms with van der Waals surface area (Å²) in [4.78, 5) is 21.2. The molecule has 3 aromatic rings. The highest BCUT2D eigenvalue weighted by Gasteiger charge is 2.52. The Balaban J connectivity index is 1.12. The summed E-state index contributed by atoms with van der Waals surface area (Å²) in [6.07, 6.45) is 5.29. The highest BCUT2D eigenvalue weighted by atomic mass is 35.5. The molecule has 2 aliphatic heterocycles. The van der Waals surface area contributed by atoms with E-state index in [-0.39, 0.29) is 24.9 Å². The minimum atomic E-state index is -0.573. The van der Waals surface area contributed by atoms with Crippen LogP contribution in [0.3, 0.4) is 0 Å². The highest BCUT2D eigenvalue weighted by molar-refractivity contribution is 7.15. The van der Waals surface area contributed by atoms with Crippen LogP contribution in [0.5, 0.6) is 11.5 Å². The normalized spacial score (nSPS) is 19.1. The van der Waals surface area contributed by atoms with Crippen LogP contribution in [0.1, 0.15) is 54.2 Å². The molecule has 2 aromatic carbocycles. The lowest BCUT2D eigenvalue weighted by Gasteiger charge is -2.29. The monoisotopic (exact) mass is 569 g/mol. The van der Waals surface area contributed by atoms with Crippen molar-refractivity contribution in [2.45, 2.75) is 49.7 Å². The number of halogens is 1. The van der Waals surface area contributed by atoms with Crippen molar-refractivity contribution in [1.82, 2.24) is 9.88 Å². The molecule has 8 nitrogen and oxygen atoms in total. The molecular weight excluding hydrogens is 538 g/mol. The quantitative estimate of drug-likeness (QED) is 0.326. The Morgan fingerprint density at radius 1 is 1.21 bits per heavy atom. The molecular formula is C29H32ClN3O5S. The van der Waals surface area contributed by atoms with Crippen molar-refractivity contribution >= 4 is 34.0 Å². The number of hydrogen-bond acceptors (Lipinski definition) is 8. The number of aliphatic hydroxyl groups excluding tert-OH is 1. The zero-order valence-electron chi connectivity index (χ0n) is 21.6. The Morgan fingerprint density at radius 3 is 2.79 bits per heavy atom. The Bertz CT molecular complexity index is 1320. The molecule has 3 aliphatic rings. The Morgan fingerprint density at radius 2 is 2.00 bits per heavy atom. The molecule has 1 amide bonds. The van der Waals surface area contributed by atoms with E-state index in [1.807, 2.05) is 42.5 Å². The smallest absolute Gasteiger partial charge is 0.236 e. The number of thiazole rings is 1. The van der Waals surface area contributed by atoms with Gasteiger partial charge in [0.25, 0.3) is 0 Å². The van der Waals surface area contributed by atoms with Crippen molar-refractivity contribution in [2.75, 3.05) is 38.4 Å². The minimum absolute atomic E-state index is 0.0656. The average Bonchev–Trinajstić information content (AvgIpc) is 3.40. The molecule has 0 radical (unpaired) electrons. The van der Waals surface area contributed by atoms with Crippen LogP contribution in [0.15, 0.2) is 48.7 Å². The molecule has 6 rings (SSSR count). The third-order valence-electron chi connectivity index (χ3n) is 7.76. The van der Waals surface area contributed by atoms with Gasteiger partial charge in [-0.25, -0.2) is 4.98 Å². The van der Waals surface area contributed by atoms with Gasteiger partial charge in [0, 0.05) is 43.0 Å². The number of benzene rings is 2. The summed E-state index contributed by atoms with van der Waals surface area (Å²) < 4.78 is 17.3. The minimum Gasteiger partial charge on any atom is -0.454 e. The van der Waals surface area contributed by atoms with E-state index in [0.717, 1.165) is 67.7 Å². The van der Waals surface area contributed by atoms with Gasteiger partial charge < -0.3 is 29.5 Å². The van der Waals surface area contributed by atoms with Gasteiger partial charge >= 0.3 is 0 Å². The first kappa shape index (κ1) is 26.5. The SMILES string of the molecule is O=C(Nc1ncc(C(OCCCN2CCC(O)CC2)c2ccccc2Cl)s1)C1(c2ccc3c(c2)OCO3)CC1. The standard InChI is InChI=1S/C29H32ClN3O5S/c30-22-5-2-1-4-21(22)26(36-15-3-12-33-13-8-20(34)9-14-33)25-17-31-28(39-25)32-27(35)29(10-11-29)19-6-7-23-24(16-19)38-18-37-23/h1-2,4-7,16-17,20,26,34H,3,8-15,18H2,(H,31,32,35). The van der Waals surface area contributed by atoms with Crippen LogP contribution < -0.4 is 14.8 Å². The second-order valence-electron chi connectivity index (χ2n) is 10.4. The van der Waals surface area contributed by atoms with Crippen LogP contribution in [-0.4, -0.2) is 60.0 Å². The number of nitrogens with one attached hydrogen (secondary N) is 1. The highest BCUT2D eigenvalue weighted by Crippen LogP contribution is 2.51. The molecule has 2 N–H and O–H groups in total. The first-order valence-corrected chi connectivity index (χ1v) is 14.6. The molecule has 1 unspecified atom stereocenters. The fourth-order valence-corrected chi connectivity index (χ4v) is 6.41. The number of hydrogen-bond donors (Lipinski definition) is 2. The maximum Gasteiger partial charge on any atom is 0.236 e. The van der Waals surface area contributed by atoms with Crippen molar-refractivity contribution in [3.63, 3.8) is 0 Å². The van der Waals surface area contributed by atoms with Gasteiger partial charge in [-0.2, -0.15) is 0 Å². The predicted octanol–water partition coefficient (Wildman–Crippen LogP) is 5.15. The third-order valence-corrected chi connectivity index (χ3v) is 9.06. The Hall–Kier alpha value is -2.69. The van der Waals surface area contributed by atoms with Crippen LogP contribution in [0.25, 0.3) is 0 Å². The second kappa shape index (κ2) is 11.4. The summed E-state index contributed by atoms with van der Waals surface area (Å²) in [6.45, 7) is 3.52. The first-order valence-electron chi connectivity index (χ1n) is 13.5. The molecule has 0 bridgehead atoms. The lowest BCUT2D eigenvalue weighted by Crippen LogP contribution is -2.36. The maximum atomic E-state index is 13.4. The van der Waals surface area contributed by atoms with Crippen LogP contribution in [0.4, 0.5) is 5.13 Å². The molecule has 39 heavy (non-hydrogen) atoms. The Labute approximate surface area is 236 Å². The molecule has 2 fully saturated rings. The summed E-state index contributed by atoms with van der Waals surface area (Å²) in [7, 11) is 0. The van der Waals surface area contributed by atoms with E-state index in [1.54, 1.807) is 6.20 Å². The van der Waals surface area contributed by atoms with E-state index in [0.29, 0.717) is 28.3 Å². The van der Waals surface area contributed by atoms with Gasteiger partial charge in [0.15, 0.2) is 16.6 Å². The predicted molar refractivity (Wildman–Crippen MR) is 150 cm³/mol. The van der Waals surface area contributed by atoms with Gasteiger partial charge in [-0.05, 0) is 55.9 Å². The molecule has 0 spiro atoms. The van der Waals surface area contributed by atoms with E-state index in [1.165, 1.54) is 11.3 Å². The van der Waals surface area contributed by atoms with Gasteiger partial charge in [0.2, 0.25) is 12.7 Å². The largest absolute Gasteiger partial charge is 0.454 e. The summed E-state index contributed by atoms with van der Waals surface area (Å²) >= 11 is 7.98. The summed E-state index contributed by atoms with van der Waals surface area (Å²) in [5.41, 5.74) is 1.23. The molecule has 1 aliphatic carbocycles. The van der Waals surface area contributed by atoms with Crippen molar-refractivity contribution in [1.29, 1.82) is 0 Å². The number of aromatic nitrogens is 1. The number of carbonyl (C=O) groups excluding carboxylic acids is 1. The van der Waals surface area contributed by atoms with Crippen molar-refractivity contribution in [3.8, 4) is 11.5 Å². The van der Waals surface area contributed by atoms with Crippen LogP contribution in [0.2, 0.25) is 5.02 Å². The number of piperidine rings is 1. The van der Waals surface area contributed by atoms with Gasteiger partial charge in [-0.15, -0.1) is 0 Å².